The van der Waals surface area contributed by atoms with Crippen LogP contribution in [0.2, 0.25) is 0 Å². The van der Waals surface area contributed by atoms with E-state index in [0.717, 1.165) is 13.0 Å². The Bertz CT molecular complexity index is 375. The maximum Gasteiger partial charge on any atom is 0.0866 e. The first-order valence-electron chi connectivity index (χ1n) is 6.14. The van der Waals surface area contributed by atoms with E-state index in [4.69, 9.17) is 9.47 Å². The molecule has 2 aliphatic heterocycles. The van der Waals surface area contributed by atoms with Gasteiger partial charge in [-0.3, -0.25) is 0 Å². The number of hydrogen-bond donors (Lipinski definition) is 0. The highest BCUT2D eigenvalue weighted by Gasteiger charge is 2.41. The quantitative estimate of drug-likeness (QED) is 0.776. The molecule has 1 aromatic rings. The average molecular weight is 218 g/mol. The Morgan fingerprint density at radius 1 is 1.31 bits per heavy atom. The lowest BCUT2D eigenvalue weighted by molar-refractivity contribution is -0.00977. The summed E-state index contributed by atoms with van der Waals surface area (Å²) >= 11 is 0. The molecule has 2 nitrogen and oxygen atoms in total. The summed E-state index contributed by atoms with van der Waals surface area (Å²) in [5, 5.41) is 0. The summed E-state index contributed by atoms with van der Waals surface area (Å²) in [6, 6.07) is 8.42. The summed E-state index contributed by atoms with van der Waals surface area (Å²) in [5.74, 6) is 0. The third kappa shape index (κ3) is 1.87. The monoisotopic (exact) mass is 218 g/mol. The topological polar surface area (TPSA) is 18.5 Å². The summed E-state index contributed by atoms with van der Waals surface area (Å²) in [6.07, 6.45) is 4.69. The molecule has 0 aliphatic carbocycles. The molecule has 0 aromatic heterocycles. The Morgan fingerprint density at radius 2 is 2.19 bits per heavy atom. The van der Waals surface area contributed by atoms with Crippen LogP contribution in [0.1, 0.15) is 30.4 Å². The zero-order valence-electron chi connectivity index (χ0n) is 9.69. The first-order chi connectivity index (χ1) is 7.83. The highest BCUT2D eigenvalue weighted by atomic mass is 16.6. The third-order valence-electron chi connectivity index (χ3n) is 3.76. The van der Waals surface area contributed by atoms with Crippen molar-refractivity contribution in [3.05, 3.63) is 35.4 Å². The minimum absolute atomic E-state index is 0.332. The summed E-state index contributed by atoms with van der Waals surface area (Å²) < 4.78 is 11.8. The fraction of sp³-hybridized carbons (Fsp3) is 0.571. The van der Waals surface area contributed by atoms with E-state index in [1.54, 1.807) is 0 Å². The summed E-state index contributed by atoms with van der Waals surface area (Å²) in [4.78, 5) is 0. The van der Waals surface area contributed by atoms with Gasteiger partial charge in [-0.15, -0.1) is 0 Å². The molecule has 1 aromatic carbocycles. The van der Waals surface area contributed by atoms with Gasteiger partial charge in [-0.25, -0.2) is 0 Å². The average Bonchev–Trinajstić information content (AvgIpc) is 2.90. The van der Waals surface area contributed by atoms with Gasteiger partial charge in [-0.2, -0.15) is 0 Å². The fourth-order valence-electron chi connectivity index (χ4n) is 2.74. The maximum atomic E-state index is 5.98. The molecule has 16 heavy (non-hydrogen) atoms. The van der Waals surface area contributed by atoms with Gasteiger partial charge in [0.2, 0.25) is 0 Å². The minimum Gasteiger partial charge on any atom is -0.372 e. The van der Waals surface area contributed by atoms with Crippen molar-refractivity contribution in [1.29, 1.82) is 0 Å². The molecule has 0 amide bonds. The van der Waals surface area contributed by atoms with Crippen LogP contribution in [0.15, 0.2) is 24.3 Å². The Kier molecular flexibility index (Phi) is 2.70. The Hall–Kier alpha value is -0.860. The number of rotatable bonds is 3. The molecule has 0 radical (unpaired) electrons. The number of ether oxygens (including phenoxy) is 2. The second-order valence-corrected chi connectivity index (χ2v) is 4.89. The van der Waals surface area contributed by atoms with E-state index in [2.05, 4.69) is 31.2 Å². The first-order valence-corrected chi connectivity index (χ1v) is 6.14. The molecule has 3 unspecified atom stereocenters. The van der Waals surface area contributed by atoms with E-state index < -0.39 is 0 Å². The molecule has 2 aliphatic rings. The molecule has 0 N–H and O–H groups in total. The smallest absolute Gasteiger partial charge is 0.0866 e. The van der Waals surface area contributed by atoms with E-state index in [-0.39, 0.29) is 0 Å². The van der Waals surface area contributed by atoms with Crippen LogP contribution in [0.3, 0.4) is 0 Å². The van der Waals surface area contributed by atoms with Crippen molar-refractivity contribution >= 4 is 0 Å². The summed E-state index contributed by atoms with van der Waals surface area (Å²) in [7, 11) is 0. The van der Waals surface area contributed by atoms with Gasteiger partial charge >= 0.3 is 0 Å². The normalized spacial score (nSPS) is 32.2. The molecule has 3 rings (SSSR count). The Morgan fingerprint density at radius 3 is 2.88 bits per heavy atom. The van der Waals surface area contributed by atoms with Crippen LogP contribution in [0.4, 0.5) is 0 Å². The van der Waals surface area contributed by atoms with E-state index in [0.29, 0.717) is 18.3 Å². The van der Waals surface area contributed by atoms with Gasteiger partial charge in [0.1, 0.15) is 0 Å². The molecular formula is C14H18O2. The number of fused-ring (bicyclic) bond motifs is 2. The van der Waals surface area contributed by atoms with Crippen molar-refractivity contribution in [2.75, 3.05) is 0 Å². The number of benzene rings is 1. The van der Waals surface area contributed by atoms with Gasteiger partial charge in [0.05, 0.1) is 24.9 Å². The maximum absolute atomic E-state index is 5.98. The molecule has 2 saturated heterocycles. The molecular weight excluding hydrogens is 200 g/mol. The largest absolute Gasteiger partial charge is 0.372 e. The van der Waals surface area contributed by atoms with Crippen molar-refractivity contribution in [3.8, 4) is 0 Å². The lowest BCUT2D eigenvalue weighted by Gasteiger charge is -2.19. The van der Waals surface area contributed by atoms with Crippen molar-refractivity contribution in [2.45, 2.75) is 51.1 Å². The molecule has 86 valence electrons. The van der Waals surface area contributed by atoms with E-state index in [9.17, 15) is 0 Å². The predicted octanol–water partition coefficient (Wildman–Crippen LogP) is 2.83. The van der Waals surface area contributed by atoms with Gasteiger partial charge < -0.3 is 9.47 Å². The standard InChI is InChI=1S/C14H18O2/c1-10-4-2-3-5-11(10)9-15-14-8-12-6-7-13(14)16-12/h2-5,12-14H,6-9H2,1H3. The van der Waals surface area contributed by atoms with Gasteiger partial charge in [-0.05, 0) is 30.9 Å². The summed E-state index contributed by atoms with van der Waals surface area (Å²) in [5.41, 5.74) is 2.61. The van der Waals surface area contributed by atoms with Crippen LogP contribution in [-0.4, -0.2) is 18.3 Å². The van der Waals surface area contributed by atoms with Crippen LogP contribution in [0, 0.1) is 6.92 Å². The molecule has 0 saturated carbocycles. The van der Waals surface area contributed by atoms with E-state index in [1.165, 1.54) is 24.0 Å². The molecule has 2 fully saturated rings. The Balaban J connectivity index is 1.59. The van der Waals surface area contributed by atoms with Crippen LogP contribution in [0.5, 0.6) is 0 Å². The molecule has 2 heteroatoms. The highest BCUT2D eigenvalue weighted by Crippen LogP contribution is 2.36. The zero-order chi connectivity index (χ0) is 11.0. The Labute approximate surface area is 96.6 Å². The van der Waals surface area contributed by atoms with Crippen LogP contribution < -0.4 is 0 Å². The van der Waals surface area contributed by atoms with Gasteiger partial charge in [0, 0.05) is 6.42 Å². The van der Waals surface area contributed by atoms with Gasteiger partial charge in [0.25, 0.3) is 0 Å². The number of hydrogen-bond acceptors (Lipinski definition) is 2. The van der Waals surface area contributed by atoms with E-state index >= 15 is 0 Å². The third-order valence-corrected chi connectivity index (χ3v) is 3.76. The van der Waals surface area contributed by atoms with Gasteiger partial charge in [-0.1, -0.05) is 24.3 Å². The van der Waals surface area contributed by atoms with Crippen molar-refractivity contribution < 1.29 is 9.47 Å². The predicted molar refractivity (Wildman–Crippen MR) is 62.3 cm³/mol. The number of aryl methyl sites for hydroxylation is 1. The van der Waals surface area contributed by atoms with Crippen molar-refractivity contribution in [1.82, 2.24) is 0 Å². The molecule has 2 heterocycles. The molecule has 2 bridgehead atoms. The van der Waals surface area contributed by atoms with Crippen molar-refractivity contribution in [3.63, 3.8) is 0 Å². The first kappa shape index (κ1) is 10.3. The SMILES string of the molecule is Cc1ccccc1COC1CC2CCC1O2. The minimum atomic E-state index is 0.332. The van der Waals surface area contributed by atoms with Crippen LogP contribution in [0.25, 0.3) is 0 Å². The lowest BCUT2D eigenvalue weighted by atomic mass is 9.98. The molecule has 3 atom stereocenters. The second-order valence-electron chi connectivity index (χ2n) is 4.89. The van der Waals surface area contributed by atoms with Crippen LogP contribution in [-0.2, 0) is 16.1 Å². The van der Waals surface area contributed by atoms with Gasteiger partial charge in [0.15, 0.2) is 0 Å². The fourth-order valence-corrected chi connectivity index (χ4v) is 2.74. The van der Waals surface area contributed by atoms with Crippen LogP contribution >= 0.6 is 0 Å². The highest BCUT2D eigenvalue weighted by molar-refractivity contribution is 5.24. The lowest BCUT2D eigenvalue weighted by Crippen LogP contribution is -2.25. The summed E-state index contributed by atoms with van der Waals surface area (Å²) in [6.45, 7) is 2.86. The second kappa shape index (κ2) is 4.19. The van der Waals surface area contributed by atoms with Crippen molar-refractivity contribution in [2.24, 2.45) is 0 Å². The zero-order valence-corrected chi connectivity index (χ0v) is 9.69. The van der Waals surface area contributed by atoms with E-state index in [1.807, 2.05) is 0 Å². The molecule has 0 spiro atoms.